The molecule has 0 aliphatic carbocycles. The van der Waals surface area contributed by atoms with Crippen molar-refractivity contribution in [2.24, 2.45) is 0 Å². The molecule has 1 N–H and O–H groups in total. The first-order chi connectivity index (χ1) is 16.4. The molecule has 172 valence electrons. The van der Waals surface area contributed by atoms with Crippen LogP contribution in [0.1, 0.15) is 11.3 Å². The number of halogens is 3. The van der Waals surface area contributed by atoms with Crippen molar-refractivity contribution in [2.75, 3.05) is 5.32 Å². The van der Waals surface area contributed by atoms with Crippen molar-refractivity contribution in [1.82, 2.24) is 24.5 Å². The summed E-state index contributed by atoms with van der Waals surface area (Å²) in [4.78, 5) is 17.2. The highest BCUT2D eigenvalue weighted by Crippen LogP contribution is 2.30. The van der Waals surface area contributed by atoms with Gasteiger partial charge in [-0.2, -0.15) is 10.2 Å². The third kappa shape index (κ3) is 4.27. The number of carbonyl (C=O) groups is 1. The second-order valence-corrected chi connectivity index (χ2v) is 8.77. The maximum absolute atomic E-state index is 12.8. The number of benzene rings is 1. The Morgan fingerprint density at radius 3 is 2.59 bits per heavy atom. The van der Waals surface area contributed by atoms with E-state index >= 15 is 0 Å². The summed E-state index contributed by atoms with van der Waals surface area (Å²) in [5, 5.41) is 13.8. The van der Waals surface area contributed by atoms with Gasteiger partial charge in [-0.3, -0.25) is 9.48 Å². The minimum Gasteiger partial charge on any atom is -0.464 e. The number of furan rings is 1. The Kier molecular flexibility index (Phi) is 6.03. The molecule has 1 amide bonds. The van der Waals surface area contributed by atoms with Crippen LogP contribution in [-0.2, 0) is 17.9 Å². The number of anilines is 1. The van der Waals surface area contributed by atoms with Crippen LogP contribution < -0.4 is 5.32 Å². The Morgan fingerprint density at radius 1 is 1.06 bits per heavy atom. The minimum absolute atomic E-state index is 0.0710. The van der Waals surface area contributed by atoms with Gasteiger partial charge in [-0.1, -0.05) is 40.9 Å². The summed E-state index contributed by atoms with van der Waals surface area (Å²) in [6.45, 7) is 2.10. The van der Waals surface area contributed by atoms with E-state index < -0.39 is 0 Å². The zero-order chi connectivity index (χ0) is 23.8. The molecule has 0 saturated carbocycles. The van der Waals surface area contributed by atoms with Gasteiger partial charge in [0.15, 0.2) is 11.5 Å². The highest BCUT2D eigenvalue weighted by atomic mass is 35.5. The standard InChI is InChI=1S/C23H17Cl3N6O2/c1-13-21-14(19-6-3-9-34-19)7-8-27-23(21)32(29-13)12-20(33)28-22-18(26)11-31(30-22)10-15-16(24)4-2-5-17(15)25/h2-9,11H,10,12H2,1H3,(H,28,30,33). The first-order valence-corrected chi connectivity index (χ1v) is 11.4. The number of fused-ring (bicyclic) bond motifs is 1. The molecule has 0 aliphatic rings. The molecule has 0 aliphatic heterocycles. The number of hydrogen-bond donors (Lipinski definition) is 1. The molecule has 1 aromatic carbocycles. The SMILES string of the molecule is Cc1nn(CC(=O)Nc2nn(Cc3c(Cl)cccc3Cl)cc2Cl)c2nccc(-c3ccco3)c12. The van der Waals surface area contributed by atoms with Crippen LogP contribution in [0.15, 0.2) is 59.5 Å². The van der Waals surface area contributed by atoms with Crippen molar-refractivity contribution in [3.8, 4) is 11.3 Å². The number of carbonyl (C=O) groups excluding carboxylic acids is 1. The average Bonchev–Trinajstić information content (AvgIpc) is 3.52. The number of hydrogen-bond acceptors (Lipinski definition) is 5. The predicted octanol–water partition coefficient (Wildman–Crippen LogP) is 5.84. The van der Waals surface area contributed by atoms with Gasteiger partial charge < -0.3 is 9.73 Å². The number of nitrogens with zero attached hydrogens (tertiary/aromatic N) is 5. The maximum Gasteiger partial charge on any atom is 0.247 e. The number of rotatable bonds is 6. The molecule has 0 fully saturated rings. The van der Waals surface area contributed by atoms with E-state index in [0.29, 0.717) is 33.6 Å². The van der Waals surface area contributed by atoms with Crippen LogP contribution in [0.3, 0.4) is 0 Å². The number of amides is 1. The first-order valence-electron chi connectivity index (χ1n) is 10.2. The quantitative estimate of drug-likeness (QED) is 0.307. The van der Waals surface area contributed by atoms with Crippen molar-refractivity contribution in [3.63, 3.8) is 0 Å². The van der Waals surface area contributed by atoms with E-state index in [1.165, 1.54) is 0 Å². The second kappa shape index (κ2) is 9.13. The fourth-order valence-electron chi connectivity index (χ4n) is 3.74. The summed E-state index contributed by atoms with van der Waals surface area (Å²) in [6.07, 6.45) is 4.87. The summed E-state index contributed by atoms with van der Waals surface area (Å²) in [5.74, 6) is 0.584. The van der Waals surface area contributed by atoms with Gasteiger partial charge in [0.25, 0.3) is 0 Å². The summed E-state index contributed by atoms with van der Waals surface area (Å²) < 4.78 is 8.65. The van der Waals surface area contributed by atoms with Crippen LogP contribution in [0, 0.1) is 6.92 Å². The average molecular weight is 516 g/mol. The molecule has 34 heavy (non-hydrogen) atoms. The van der Waals surface area contributed by atoms with Crippen LogP contribution >= 0.6 is 34.8 Å². The number of aromatic nitrogens is 5. The maximum atomic E-state index is 12.8. The monoisotopic (exact) mass is 514 g/mol. The zero-order valence-electron chi connectivity index (χ0n) is 17.8. The summed E-state index contributed by atoms with van der Waals surface area (Å²) in [6, 6.07) is 10.8. The Hall–Kier alpha value is -3.33. The molecule has 0 radical (unpaired) electrons. The molecule has 5 aromatic rings. The van der Waals surface area contributed by atoms with Gasteiger partial charge in [-0.25, -0.2) is 9.67 Å². The molecular formula is C23H17Cl3N6O2. The molecule has 5 rings (SSSR count). The lowest BCUT2D eigenvalue weighted by molar-refractivity contribution is -0.116. The van der Waals surface area contributed by atoms with Crippen LogP contribution in [0.25, 0.3) is 22.4 Å². The summed E-state index contributed by atoms with van der Waals surface area (Å²) in [7, 11) is 0. The van der Waals surface area contributed by atoms with Crippen LogP contribution in [-0.4, -0.2) is 30.5 Å². The van der Waals surface area contributed by atoms with E-state index in [1.807, 2.05) is 25.1 Å². The van der Waals surface area contributed by atoms with Gasteiger partial charge in [0.2, 0.25) is 5.91 Å². The van der Waals surface area contributed by atoms with Crippen LogP contribution in [0.2, 0.25) is 15.1 Å². The van der Waals surface area contributed by atoms with E-state index in [1.54, 1.807) is 46.2 Å². The van der Waals surface area contributed by atoms with E-state index in [0.717, 1.165) is 16.6 Å². The smallest absolute Gasteiger partial charge is 0.247 e. The summed E-state index contributed by atoms with van der Waals surface area (Å²) in [5.41, 5.74) is 2.88. The fraction of sp³-hybridized carbons (Fsp3) is 0.130. The predicted molar refractivity (Wildman–Crippen MR) is 131 cm³/mol. The molecule has 4 heterocycles. The Morgan fingerprint density at radius 2 is 1.85 bits per heavy atom. The molecule has 11 heteroatoms. The molecule has 0 atom stereocenters. The minimum atomic E-state index is -0.350. The van der Waals surface area contributed by atoms with Crippen molar-refractivity contribution in [2.45, 2.75) is 20.0 Å². The second-order valence-electron chi connectivity index (χ2n) is 7.55. The van der Waals surface area contributed by atoms with Crippen molar-refractivity contribution in [1.29, 1.82) is 0 Å². The Bertz CT molecular complexity index is 1490. The molecule has 0 bridgehead atoms. The van der Waals surface area contributed by atoms with Gasteiger partial charge >= 0.3 is 0 Å². The van der Waals surface area contributed by atoms with Gasteiger partial charge in [0, 0.05) is 33.6 Å². The van der Waals surface area contributed by atoms with Crippen LogP contribution in [0.5, 0.6) is 0 Å². The van der Waals surface area contributed by atoms with Crippen molar-refractivity contribution in [3.05, 3.63) is 81.4 Å². The van der Waals surface area contributed by atoms with Gasteiger partial charge in [-0.05, 0) is 37.3 Å². The van der Waals surface area contributed by atoms with E-state index in [2.05, 4.69) is 20.5 Å². The lowest BCUT2D eigenvalue weighted by Crippen LogP contribution is -2.20. The molecular weight excluding hydrogens is 499 g/mol. The topological polar surface area (TPSA) is 90.8 Å². The Balaban J connectivity index is 1.36. The lowest BCUT2D eigenvalue weighted by Gasteiger charge is -2.07. The van der Waals surface area contributed by atoms with E-state index in [4.69, 9.17) is 39.2 Å². The first kappa shape index (κ1) is 22.5. The van der Waals surface area contributed by atoms with Gasteiger partial charge in [-0.15, -0.1) is 0 Å². The molecule has 4 aromatic heterocycles. The summed E-state index contributed by atoms with van der Waals surface area (Å²) >= 11 is 18.8. The molecule has 0 unspecified atom stereocenters. The van der Waals surface area contributed by atoms with Gasteiger partial charge in [0.05, 0.1) is 23.9 Å². The molecule has 0 spiro atoms. The molecule has 0 saturated heterocycles. The largest absolute Gasteiger partial charge is 0.464 e. The third-order valence-corrected chi connectivity index (χ3v) is 6.23. The fourth-order valence-corrected chi connectivity index (χ4v) is 4.46. The number of aryl methyl sites for hydroxylation is 1. The highest BCUT2D eigenvalue weighted by molar-refractivity contribution is 6.36. The highest BCUT2D eigenvalue weighted by Gasteiger charge is 2.18. The number of pyridine rings is 1. The van der Waals surface area contributed by atoms with Crippen molar-refractivity contribution < 1.29 is 9.21 Å². The lowest BCUT2D eigenvalue weighted by atomic mass is 10.1. The molecule has 8 nitrogen and oxygen atoms in total. The van der Waals surface area contributed by atoms with Crippen LogP contribution in [0.4, 0.5) is 5.82 Å². The third-order valence-electron chi connectivity index (χ3n) is 5.24. The van der Waals surface area contributed by atoms with E-state index in [9.17, 15) is 4.79 Å². The Labute approximate surface area is 209 Å². The zero-order valence-corrected chi connectivity index (χ0v) is 20.1. The number of nitrogens with one attached hydrogen (secondary N) is 1. The van der Waals surface area contributed by atoms with E-state index in [-0.39, 0.29) is 23.3 Å². The van der Waals surface area contributed by atoms with Crippen molar-refractivity contribution >= 4 is 57.6 Å². The van der Waals surface area contributed by atoms with Gasteiger partial charge in [0.1, 0.15) is 17.3 Å². The normalized spacial score (nSPS) is 11.3.